The Balaban J connectivity index is 0.000000595. The van der Waals surface area contributed by atoms with Gasteiger partial charge in [0.25, 0.3) is 5.56 Å². The van der Waals surface area contributed by atoms with Crippen LogP contribution in [-0.2, 0) is 0 Å². The molecular formula is C16H22FN5O. The number of aromatic amines is 1. The predicted octanol–water partition coefficient (Wildman–Crippen LogP) is 1.80. The van der Waals surface area contributed by atoms with Crippen molar-refractivity contribution < 1.29 is 4.39 Å². The van der Waals surface area contributed by atoms with Crippen molar-refractivity contribution in [2.45, 2.75) is 20.3 Å². The number of pyridine rings is 1. The third kappa shape index (κ3) is 4.35. The molecule has 0 bridgehead atoms. The van der Waals surface area contributed by atoms with E-state index in [0.29, 0.717) is 24.5 Å². The van der Waals surface area contributed by atoms with Crippen LogP contribution in [0.25, 0.3) is 11.4 Å². The van der Waals surface area contributed by atoms with Crippen LogP contribution in [0.4, 0.5) is 10.2 Å². The summed E-state index contributed by atoms with van der Waals surface area (Å²) in [6, 6.07) is 3.44. The van der Waals surface area contributed by atoms with Crippen LogP contribution in [0, 0.1) is 5.82 Å². The first-order valence-corrected chi connectivity index (χ1v) is 7.83. The van der Waals surface area contributed by atoms with Crippen molar-refractivity contribution in [1.82, 2.24) is 20.3 Å². The topological polar surface area (TPSA) is 73.9 Å². The van der Waals surface area contributed by atoms with E-state index in [9.17, 15) is 9.18 Å². The maximum Gasteiger partial charge on any atom is 0.289 e. The molecule has 1 aliphatic rings. The molecule has 3 rings (SSSR count). The molecule has 1 fully saturated rings. The lowest BCUT2D eigenvalue weighted by Crippen LogP contribution is -2.45. The van der Waals surface area contributed by atoms with Crippen molar-refractivity contribution in [3.8, 4) is 11.4 Å². The maximum absolute atomic E-state index is 14.0. The number of aromatic nitrogens is 3. The summed E-state index contributed by atoms with van der Waals surface area (Å²) in [5.74, 6) is -0.362. The summed E-state index contributed by atoms with van der Waals surface area (Å²) in [5, 5.41) is 3.18. The molecule has 124 valence electrons. The second-order valence-corrected chi connectivity index (χ2v) is 5.23. The number of nitrogens with zero attached hydrogens (tertiary/aromatic N) is 3. The minimum Gasteiger partial charge on any atom is -0.351 e. The highest BCUT2D eigenvalue weighted by atomic mass is 19.1. The van der Waals surface area contributed by atoms with Gasteiger partial charge in [-0.1, -0.05) is 20.3 Å². The lowest BCUT2D eigenvalue weighted by Gasteiger charge is -2.28. The van der Waals surface area contributed by atoms with E-state index in [-0.39, 0.29) is 5.82 Å². The largest absolute Gasteiger partial charge is 0.351 e. The zero-order chi connectivity index (χ0) is 16.7. The SMILES string of the molecule is CCC.O=c1[nH]c(-c2ccncc2)nc(N2CCNCC2)c1F. The summed E-state index contributed by atoms with van der Waals surface area (Å²) >= 11 is 0. The normalized spacial score (nSPS) is 14.1. The molecule has 2 aromatic rings. The number of H-pyrrole nitrogens is 1. The van der Waals surface area contributed by atoms with Crippen LogP contribution < -0.4 is 15.8 Å². The lowest BCUT2D eigenvalue weighted by atomic mass is 10.2. The van der Waals surface area contributed by atoms with Crippen LogP contribution in [0.1, 0.15) is 20.3 Å². The van der Waals surface area contributed by atoms with Crippen LogP contribution in [0.15, 0.2) is 29.3 Å². The van der Waals surface area contributed by atoms with Gasteiger partial charge in [0.15, 0.2) is 5.82 Å². The van der Waals surface area contributed by atoms with Crippen molar-refractivity contribution in [1.29, 1.82) is 0 Å². The smallest absolute Gasteiger partial charge is 0.289 e. The molecular weight excluding hydrogens is 297 g/mol. The van der Waals surface area contributed by atoms with Crippen molar-refractivity contribution in [2.24, 2.45) is 0 Å². The third-order valence-electron chi connectivity index (χ3n) is 3.22. The van der Waals surface area contributed by atoms with Gasteiger partial charge in [-0.25, -0.2) is 4.98 Å². The van der Waals surface area contributed by atoms with E-state index in [1.54, 1.807) is 29.4 Å². The van der Waals surface area contributed by atoms with Crippen molar-refractivity contribution in [3.05, 3.63) is 40.7 Å². The Bertz CT molecular complexity index is 668. The van der Waals surface area contributed by atoms with Gasteiger partial charge in [-0.2, -0.15) is 4.39 Å². The lowest BCUT2D eigenvalue weighted by molar-refractivity contribution is 0.551. The van der Waals surface area contributed by atoms with Gasteiger partial charge in [-0.3, -0.25) is 9.78 Å². The quantitative estimate of drug-likeness (QED) is 0.883. The highest BCUT2D eigenvalue weighted by Gasteiger charge is 2.19. The van der Waals surface area contributed by atoms with Gasteiger partial charge in [0, 0.05) is 44.1 Å². The van der Waals surface area contributed by atoms with E-state index in [0.717, 1.165) is 13.1 Å². The Morgan fingerprint density at radius 3 is 2.43 bits per heavy atom. The molecule has 23 heavy (non-hydrogen) atoms. The molecule has 6 nitrogen and oxygen atoms in total. The van der Waals surface area contributed by atoms with Gasteiger partial charge in [-0.15, -0.1) is 0 Å². The molecule has 0 atom stereocenters. The van der Waals surface area contributed by atoms with E-state index < -0.39 is 11.4 Å². The Hall–Kier alpha value is -2.28. The fraction of sp³-hybridized carbons (Fsp3) is 0.438. The van der Waals surface area contributed by atoms with E-state index >= 15 is 0 Å². The summed E-state index contributed by atoms with van der Waals surface area (Å²) in [6.07, 6.45) is 4.45. The number of hydrogen-bond donors (Lipinski definition) is 2. The van der Waals surface area contributed by atoms with Crippen molar-refractivity contribution in [2.75, 3.05) is 31.1 Å². The maximum atomic E-state index is 14.0. The Morgan fingerprint density at radius 1 is 1.22 bits per heavy atom. The predicted molar refractivity (Wildman–Crippen MR) is 89.1 cm³/mol. The molecule has 0 aromatic carbocycles. The van der Waals surface area contributed by atoms with Gasteiger partial charge in [0.2, 0.25) is 5.82 Å². The minimum atomic E-state index is -0.829. The molecule has 0 unspecified atom stereocenters. The first-order chi connectivity index (χ1) is 11.2. The first kappa shape index (κ1) is 17.1. The number of piperazine rings is 1. The fourth-order valence-electron chi connectivity index (χ4n) is 2.18. The average molecular weight is 319 g/mol. The molecule has 7 heteroatoms. The average Bonchev–Trinajstić information content (AvgIpc) is 2.59. The second-order valence-electron chi connectivity index (χ2n) is 5.23. The number of halogens is 1. The molecule has 0 radical (unpaired) electrons. The van der Waals surface area contributed by atoms with Gasteiger partial charge in [-0.05, 0) is 12.1 Å². The summed E-state index contributed by atoms with van der Waals surface area (Å²) in [7, 11) is 0. The van der Waals surface area contributed by atoms with Gasteiger partial charge >= 0.3 is 0 Å². The van der Waals surface area contributed by atoms with Crippen LogP contribution in [0.3, 0.4) is 0 Å². The van der Waals surface area contributed by atoms with Gasteiger partial charge in [0.1, 0.15) is 5.82 Å². The van der Waals surface area contributed by atoms with E-state index in [1.165, 1.54) is 6.42 Å². The van der Waals surface area contributed by atoms with Crippen LogP contribution >= 0.6 is 0 Å². The first-order valence-electron chi connectivity index (χ1n) is 7.83. The Kier molecular flexibility index (Phi) is 6.22. The summed E-state index contributed by atoms with van der Waals surface area (Å²) in [4.78, 5) is 24.2. The molecule has 3 heterocycles. The van der Waals surface area contributed by atoms with Crippen LogP contribution in [0.5, 0.6) is 0 Å². The zero-order valence-corrected chi connectivity index (χ0v) is 13.5. The van der Waals surface area contributed by atoms with Crippen molar-refractivity contribution in [3.63, 3.8) is 0 Å². The molecule has 1 aliphatic heterocycles. The summed E-state index contributed by atoms with van der Waals surface area (Å²) in [5.41, 5.74) is -0.0474. The monoisotopic (exact) mass is 319 g/mol. The highest BCUT2D eigenvalue weighted by molar-refractivity contribution is 5.56. The summed E-state index contributed by atoms with van der Waals surface area (Å²) < 4.78 is 14.0. The molecule has 2 aromatic heterocycles. The van der Waals surface area contributed by atoms with Crippen LogP contribution in [-0.4, -0.2) is 41.1 Å². The van der Waals surface area contributed by atoms with Gasteiger partial charge < -0.3 is 15.2 Å². The molecule has 0 spiro atoms. The number of anilines is 1. The van der Waals surface area contributed by atoms with Crippen molar-refractivity contribution >= 4 is 5.82 Å². The number of rotatable bonds is 2. The third-order valence-corrected chi connectivity index (χ3v) is 3.22. The second kappa shape index (κ2) is 8.38. The minimum absolute atomic E-state index is 0.113. The molecule has 0 aliphatic carbocycles. The van der Waals surface area contributed by atoms with E-state index in [4.69, 9.17) is 0 Å². The molecule has 1 saturated heterocycles. The van der Waals surface area contributed by atoms with E-state index in [2.05, 4.69) is 34.1 Å². The molecule has 2 N–H and O–H groups in total. The zero-order valence-electron chi connectivity index (χ0n) is 13.5. The molecule has 0 amide bonds. The standard InChI is InChI=1S/C13H14FN5O.C3H8/c14-10-12(19-7-5-16-6-8-19)17-11(18-13(10)20)9-1-3-15-4-2-9;1-3-2/h1-4,16H,5-8H2,(H,17,18,20);3H2,1-2H3. The fourth-order valence-corrected chi connectivity index (χ4v) is 2.18. The Labute approximate surface area is 134 Å². The number of nitrogens with one attached hydrogen (secondary N) is 2. The highest BCUT2D eigenvalue weighted by Crippen LogP contribution is 2.18. The van der Waals surface area contributed by atoms with Crippen LogP contribution in [0.2, 0.25) is 0 Å². The summed E-state index contributed by atoms with van der Waals surface area (Å²) in [6.45, 7) is 7.00. The Morgan fingerprint density at radius 2 is 1.83 bits per heavy atom. The molecule has 0 saturated carbocycles. The number of hydrogen-bond acceptors (Lipinski definition) is 5. The van der Waals surface area contributed by atoms with Gasteiger partial charge in [0.05, 0.1) is 0 Å². The van der Waals surface area contributed by atoms with E-state index in [1.807, 2.05) is 0 Å².